The Morgan fingerprint density at radius 1 is 0.872 bits per heavy atom. The molecule has 2 aliphatic rings. The first kappa shape index (κ1) is 26.4. The van der Waals surface area contributed by atoms with E-state index in [2.05, 4.69) is 51.9 Å². The summed E-state index contributed by atoms with van der Waals surface area (Å²) in [6.07, 6.45) is -0.0552. The number of amides is 2. The molecule has 8 heteroatoms. The number of benzene rings is 3. The summed E-state index contributed by atoms with van der Waals surface area (Å²) in [5, 5.41) is 14.6. The molecule has 0 aromatic heterocycles. The minimum atomic E-state index is -1.17. The van der Waals surface area contributed by atoms with E-state index >= 15 is 0 Å². The van der Waals surface area contributed by atoms with Gasteiger partial charge in [0, 0.05) is 32.1 Å². The van der Waals surface area contributed by atoms with Crippen LogP contribution in [0.25, 0.3) is 11.1 Å². The van der Waals surface area contributed by atoms with Crippen LogP contribution >= 0.6 is 0 Å². The van der Waals surface area contributed by atoms with Crippen molar-refractivity contribution in [2.75, 3.05) is 26.2 Å². The van der Waals surface area contributed by atoms with Crippen LogP contribution in [0.4, 0.5) is 4.79 Å². The predicted molar refractivity (Wildman–Crippen MR) is 147 cm³/mol. The number of rotatable bonds is 9. The van der Waals surface area contributed by atoms with Crippen molar-refractivity contribution in [2.24, 2.45) is 0 Å². The maximum atomic E-state index is 13.3. The number of nitrogens with zero attached hydrogens (tertiary/aromatic N) is 1. The van der Waals surface area contributed by atoms with Crippen molar-refractivity contribution >= 4 is 18.0 Å². The molecule has 3 aromatic rings. The Labute approximate surface area is 228 Å². The second-order valence-electron chi connectivity index (χ2n) is 10.2. The first-order chi connectivity index (χ1) is 18.9. The van der Waals surface area contributed by atoms with Crippen LogP contribution in [-0.4, -0.2) is 59.8 Å². The molecule has 3 aromatic carbocycles. The zero-order valence-electron chi connectivity index (χ0n) is 21.8. The van der Waals surface area contributed by atoms with E-state index in [1.165, 1.54) is 5.56 Å². The highest BCUT2D eigenvalue weighted by Gasteiger charge is 2.43. The van der Waals surface area contributed by atoms with Gasteiger partial charge in [0.1, 0.15) is 12.1 Å². The van der Waals surface area contributed by atoms with Crippen LogP contribution in [0.1, 0.15) is 41.9 Å². The summed E-state index contributed by atoms with van der Waals surface area (Å²) in [5.74, 6) is -1.46. The fraction of sp³-hybridized carbons (Fsp3) is 0.323. The molecule has 0 atom stereocenters. The lowest BCUT2D eigenvalue weighted by molar-refractivity contribution is -0.137. The Morgan fingerprint density at radius 2 is 1.46 bits per heavy atom. The number of aliphatic carboxylic acids is 1. The van der Waals surface area contributed by atoms with Crippen molar-refractivity contribution in [3.8, 4) is 11.1 Å². The predicted octanol–water partition coefficient (Wildman–Crippen LogP) is 4.15. The molecule has 1 aliphatic carbocycles. The van der Waals surface area contributed by atoms with Crippen LogP contribution in [0.5, 0.6) is 0 Å². The minimum Gasteiger partial charge on any atom is -0.481 e. The molecule has 8 nitrogen and oxygen atoms in total. The second kappa shape index (κ2) is 11.7. The lowest BCUT2D eigenvalue weighted by Crippen LogP contribution is -2.63. The zero-order valence-corrected chi connectivity index (χ0v) is 21.8. The number of carboxylic acids is 1. The quantitative estimate of drug-likeness (QED) is 0.386. The van der Waals surface area contributed by atoms with E-state index < -0.39 is 17.6 Å². The summed E-state index contributed by atoms with van der Waals surface area (Å²) in [4.78, 5) is 39.6. The highest BCUT2D eigenvalue weighted by atomic mass is 16.5. The van der Waals surface area contributed by atoms with Crippen LogP contribution in [0.3, 0.4) is 0 Å². The van der Waals surface area contributed by atoms with Gasteiger partial charge in [-0.3, -0.25) is 14.5 Å². The highest BCUT2D eigenvalue weighted by molar-refractivity contribution is 5.90. The fourth-order valence-electron chi connectivity index (χ4n) is 5.63. The van der Waals surface area contributed by atoms with Crippen molar-refractivity contribution in [2.45, 2.75) is 37.3 Å². The van der Waals surface area contributed by atoms with Gasteiger partial charge in [0.25, 0.3) is 0 Å². The minimum absolute atomic E-state index is 0.00395. The number of carbonyl (C=O) groups excluding carboxylic acids is 2. The molecule has 0 saturated carbocycles. The van der Waals surface area contributed by atoms with Crippen LogP contribution in [0, 0.1) is 0 Å². The van der Waals surface area contributed by atoms with Crippen LogP contribution < -0.4 is 10.6 Å². The third kappa shape index (κ3) is 5.96. The number of likely N-dealkylation sites (tertiary alicyclic amines) is 1. The second-order valence-corrected chi connectivity index (χ2v) is 10.2. The van der Waals surface area contributed by atoms with E-state index in [9.17, 15) is 14.4 Å². The Bertz CT molecular complexity index is 1290. The van der Waals surface area contributed by atoms with Gasteiger partial charge in [-0.05, 0) is 40.7 Å². The summed E-state index contributed by atoms with van der Waals surface area (Å²) in [7, 11) is 0. The number of alkyl carbamates (subject to hydrolysis) is 1. The molecule has 5 rings (SSSR count). The van der Waals surface area contributed by atoms with Gasteiger partial charge < -0.3 is 20.5 Å². The van der Waals surface area contributed by atoms with E-state index in [4.69, 9.17) is 9.84 Å². The highest BCUT2D eigenvalue weighted by Crippen LogP contribution is 2.44. The largest absolute Gasteiger partial charge is 0.481 e. The molecule has 0 radical (unpaired) electrons. The fourth-order valence-corrected chi connectivity index (χ4v) is 5.63. The number of nitrogens with one attached hydrogen (secondary N) is 2. The van der Waals surface area contributed by atoms with Gasteiger partial charge in [-0.25, -0.2) is 4.79 Å². The average molecular weight is 528 g/mol. The van der Waals surface area contributed by atoms with Gasteiger partial charge in [0.2, 0.25) is 5.91 Å². The molecule has 202 valence electrons. The number of carboxylic acid groups (broad SMARTS) is 1. The van der Waals surface area contributed by atoms with Crippen molar-refractivity contribution in [1.82, 2.24) is 15.5 Å². The van der Waals surface area contributed by atoms with E-state index in [0.717, 1.165) is 28.8 Å². The monoisotopic (exact) mass is 527 g/mol. The topological polar surface area (TPSA) is 108 Å². The molecule has 0 unspecified atom stereocenters. The SMILES string of the molecule is O=C(O)CCNC(=O)C1(NC(=O)OCC2c3ccccc3-c3ccccc32)CCN(Cc2ccccc2)CC1. The molecule has 0 bridgehead atoms. The first-order valence-electron chi connectivity index (χ1n) is 13.3. The van der Waals surface area contributed by atoms with Crippen LogP contribution in [-0.2, 0) is 20.9 Å². The lowest BCUT2D eigenvalue weighted by Gasteiger charge is -2.40. The van der Waals surface area contributed by atoms with Crippen LogP contribution in [0.2, 0.25) is 0 Å². The average Bonchev–Trinajstić information content (AvgIpc) is 3.27. The molecule has 1 saturated heterocycles. The first-order valence-corrected chi connectivity index (χ1v) is 13.3. The van der Waals surface area contributed by atoms with Gasteiger partial charge in [-0.1, -0.05) is 78.9 Å². The smallest absolute Gasteiger partial charge is 0.408 e. The number of carbonyl (C=O) groups is 3. The molecule has 0 spiro atoms. The Balaban J connectivity index is 1.25. The number of ether oxygens (including phenoxy) is 1. The third-order valence-corrected chi connectivity index (χ3v) is 7.70. The van der Waals surface area contributed by atoms with Crippen molar-refractivity contribution in [3.05, 3.63) is 95.6 Å². The lowest BCUT2D eigenvalue weighted by atomic mass is 9.86. The number of fused-ring (bicyclic) bond motifs is 3. The molecular weight excluding hydrogens is 494 g/mol. The molecular formula is C31H33N3O5. The van der Waals surface area contributed by atoms with Gasteiger partial charge in [-0.2, -0.15) is 0 Å². The summed E-state index contributed by atoms with van der Waals surface area (Å²) in [6, 6.07) is 26.3. The van der Waals surface area contributed by atoms with Gasteiger partial charge in [0.15, 0.2) is 0 Å². The molecule has 1 fully saturated rings. The summed E-state index contributed by atoms with van der Waals surface area (Å²) in [6.45, 7) is 2.10. The standard InChI is InChI=1S/C31H33N3O5/c35-28(36)14-17-32-29(37)31(15-18-34(19-16-31)20-22-8-2-1-3-9-22)33-30(38)39-21-27-25-12-6-4-10-23(25)24-11-5-7-13-26(24)27/h1-13,27H,14-21H2,(H,32,37)(H,33,38)(H,35,36). The van der Waals surface area contributed by atoms with Crippen LogP contribution in [0.15, 0.2) is 78.9 Å². The van der Waals surface area contributed by atoms with Crippen molar-refractivity contribution in [3.63, 3.8) is 0 Å². The van der Waals surface area contributed by atoms with E-state index in [-0.39, 0.29) is 31.4 Å². The van der Waals surface area contributed by atoms with Crippen molar-refractivity contribution < 1.29 is 24.2 Å². The molecule has 1 aliphatic heterocycles. The Kier molecular flexibility index (Phi) is 7.93. The number of hydrogen-bond donors (Lipinski definition) is 3. The van der Waals surface area contributed by atoms with Crippen molar-refractivity contribution in [1.29, 1.82) is 0 Å². The summed E-state index contributed by atoms with van der Waals surface area (Å²) >= 11 is 0. The third-order valence-electron chi connectivity index (χ3n) is 7.70. The maximum absolute atomic E-state index is 13.3. The molecule has 1 heterocycles. The van der Waals surface area contributed by atoms with E-state index in [0.29, 0.717) is 25.9 Å². The molecule has 3 N–H and O–H groups in total. The van der Waals surface area contributed by atoms with Gasteiger partial charge in [-0.15, -0.1) is 0 Å². The molecule has 39 heavy (non-hydrogen) atoms. The van der Waals surface area contributed by atoms with E-state index in [1.807, 2.05) is 42.5 Å². The Hall–Kier alpha value is -4.17. The van der Waals surface area contributed by atoms with E-state index in [1.54, 1.807) is 0 Å². The van der Waals surface area contributed by atoms with Gasteiger partial charge >= 0.3 is 12.1 Å². The number of piperidine rings is 1. The maximum Gasteiger partial charge on any atom is 0.408 e. The Morgan fingerprint density at radius 3 is 2.08 bits per heavy atom. The normalized spacial score (nSPS) is 16.1. The summed E-state index contributed by atoms with van der Waals surface area (Å²) < 4.78 is 5.75. The zero-order chi connectivity index (χ0) is 27.2. The summed E-state index contributed by atoms with van der Waals surface area (Å²) in [5.41, 5.74) is 4.52. The number of hydrogen-bond acceptors (Lipinski definition) is 5. The molecule has 2 amide bonds. The van der Waals surface area contributed by atoms with Gasteiger partial charge in [0.05, 0.1) is 6.42 Å².